The van der Waals surface area contributed by atoms with Crippen LogP contribution < -0.4 is 16.0 Å². The maximum atomic E-state index is 14.3. The van der Waals surface area contributed by atoms with Gasteiger partial charge < -0.3 is 10.6 Å². The summed E-state index contributed by atoms with van der Waals surface area (Å²) in [6.07, 6.45) is -0.525. The van der Waals surface area contributed by atoms with Gasteiger partial charge in [-0.05, 0) is 35.9 Å². The van der Waals surface area contributed by atoms with Gasteiger partial charge in [0.1, 0.15) is 12.0 Å². The lowest BCUT2D eigenvalue weighted by molar-refractivity contribution is -0.125. The monoisotopic (exact) mass is 437 g/mol. The number of rotatable bonds is 5. The summed E-state index contributed by atoms with van der Waals surface area (Å²) in [6, 6.07) is 9.06. The Morgan fingerprint density at radius 2 is 1.97 bits per heavy atom. The first-order chi connectivity index (χ1) is 13.7. The van der Waals surface area contributed by atoms with Crippen LogP contribution in [0.2, 0.25) is 10.0 Å². The van der Waals surface area contributed by atoms with E-state index in [0.717, 1.165) is 5.56 Å². The SMILES string of the molecule is CC(C)C(=O)NCc1ccc(Cl)c(C2NC(=O)CC(c3cc(Cl)ccc3F)N2)c1. The van der Waals surface area contributed by atoms with Crippen LogP contribution in [0.15, 0.2) is 36.4 Å². The predicted molar refractivity (Wildman–Crippen MR) is 111 cm³/mol. The van der Waals surface area contributed by atoms with Crippen molar-refractivity contribution < 1.29 is 14.0 Å². The third-order valence-electron chi connectivity index (χ3n) is 4.76. The summed E-state index contributed by atoms with van der Waals surface area (Å²) in [5.74, 6) is -0.833. The van der Waals surface area contributed by atoms with Crippen LogP contribution in [0.3, 0.4) is 0 Å². The number of halogens is 3. The van der Waals surface area contributed by atoms with Crippen LogP contribution in [0, 0.1) is 11.7 Å². The average molecular weight is 438 g/mol. The van der Waals surface area contributed by atoms with E-state index in [9.17, 15) is 14.0 Å². The van der Waals surface area contributed by atoms with Crippen molar-refractivity contribution in [2.24, 2.45) is 5.92 Å². The van der Waals surface area contributed by atoms with Gasteiger partial charge in [0.25, 0.3) is 0 Å². The van der Waals surface area contributed by atoms with E-state index in [1.807, 2.05) is 26.0 Å². The van der Waals surface area contributed by atoms with Gasteiger partial charge in [-0.2, -0.15) is 0 Å². The molecule has 3 N–H and O–H groups in total. The molecule has 8 heteroatoms. The molecule has 1 heterocycles. The van der Waals surface area contributed by atoms with E-state index in [4.69, 9.17) is 23.2 Å². The first kappa shape index (κ1) is 21.6. The Balaban J connectivity index is 1.83. The van der Waals surface area contributed by atoms with Gasteiger partial charge in [-0.15, -0.1) is 0 Å². The maximum absolute atomic E-state index is 14.3. The largest absolute Gasteiger partial charge is 0.352 e. The van der Waals surface area contributed by atoms with Crippen LogP contribution in [0.25, 0.3) is 0 Å². The minimum Gasteiger partial charge on any atom is -0.352 e. The average Bonchev–Trinajstić information content (AvgIpc) is 2.68. The molecule has 0 aromatic heterocycles. The third kappa shape index (κ3) is 5.26. The zero-order valence-corrected chi connectivity index (χ0v) is 17.6. The van der Waals surface area contributed by atoms with Crippen LogP contribution >= 0.6 is 23.2 Å². The zero-order chi connectivity index (χ0) is 21.1. The molecule has 3 rings (SSSR count). The molecule has 1 fully saturated rings. The van der Waals surface area contributed by atoms with Crippen molar-refractivity contribution in [1.29, 1.82) is 0 Å². The van der Waals surface area contributed by atoms with Crippen molar-refractivity contribution >= 4 is 35.0 Å². The summed E-state index contributed by atoms with van der Waals surface area (Å²) in [5.41, 5.74) is 1.81. The predicted octanol–water partition coefficient (Wildman–Crippen LogP) is 4.25. The molecule has 0 radical (unpaired) electrons. The molecule has 1 aliphatic heterocycles. The van der Waals surface area contributed by atoms with Crippen molar-refractivity contribution in [2.45, 2.75) is 39.0 Å². The summed E-state index contributed by atoms with van der Waals surface area (Å²) < 4.78 is 14.3. The number of hydrogen-bond donors (Lipinski definition) is 3. The van der Waals surface area contributed by atoms with Crippen molar-refractivity contribution in [3.63, 3.8) is 0 Å². The van der Waals surface area contributed by atoms with Crippen LogP contribution in [0.1, 0.15) is 49.2 Å². The summed E-state index contributed by atoms with van der Waals surface area (Å²) >= 11 is 12.4. The molecule has 5 nitrogen and oxygen atoms in total. The van der Waals surface area contributed by atoms with Gasteiger partial charge in [0.2, 0.25) is 11.8 Å². The highest BCUT2D eigenvalue weighted by atomic mass is 35.5. The molecule has 2 unspecified atom stereocenters. The highest BCUT2D eigenvalue weighted by molar-refractivity contribution is 6.31. The molecule has 2 aromatic rings. The van der Waals surface area contributed by atoms with Gasteiger partial charge in [0.05, 0.1) is 0 Å². The standard InChI is InChI=1S/C21H22Cl2FN3O2/c1-11(2)21(29)25-10-12-3-5-16(23)14(7-12)20-26-18(9-19(28)27-20)15-8-13(22)4-6-17(15)24/h3-8,11,18,20,26H,9-10H2,1-2H3,(H,25,29)(H,27,28). The number of benzene rings is 2. The molecule has 0 aliphatic carbocycles. The highest BCUT2D eigenvalue weighted by Crippen LogP contribution is 2.31. The van der Waals surface area contributed by atoms with E-state index in [2.05, 4.69) is 16.0 Å². The number of amides is 2. The van der Waals surface area contributed by atoms with Crippen LogP contribution in [-0.2, 0) is 16.1 Å². The smallest absolute Gasteiger partial charge is 0.223 e. The van der Waals surface area contributed by atoms with Gasteiger partial charge in [-0.1, -0.05) is 43.1 Å². The normalized spacial score (nSPS) is 19.2. The van der Waals surface area contributed by atoms with Crippen LogP contribution in [0.5, 0.6) is 0 Å². The Morgan fingerprint density at radius 3 is 2.69 bits per heavy atom. The lowest BCUT2D eigenvalue weighted by Crippen LogP contribution is -2.47. The molecule has 154 valence electrons. The summed E-state index contributed by atoms with van der Waals surface area (Å²) in [4.78, 5) is 24.1. The minimum absolute atomic E-state index is 0.0536. The van der Waals surface area contributed by atoms with Crippen molar-refractivity contribution in [3.05, 3.63) is 69.0 Å². The van der Waals surface area contributed by atoms with Crippen molar-refractivity contribution in [2.75, 3.05) is 0 Å². The highest BCUT2D eigenvalue weighted by Gasteiger charge is 2.30. The van der Waals surface area contributed by atoms with Gasteiger partial charge in [0, 0.05) is 46.1 Å². The second-order valence-corrected chi connectivity index (χ2v) is 8.16. The molecule has 2 atom stereocenters. The molecule has 0 spiro atoms. The third-order valence-corrected chi connectivity index (χ3v) is 5.34. The van der Waals surface area contributed by atoms with E-state index >= 15 is 0 Å². The van der Waals surface area contributed by atoms with Crippen LogP contribution in [-0.4, -0.2) is 11.8 Å². The number of carbonyl (C=O) groups excluding carboxylic acids is 2. The number of nitrogens with one attached hydrogen (secondary N) is 3. The molecule has 1 saturated heterocycles. The van der Waals surface area contributed by atoms with E-state index in [1.165, 1.54) is 18.2 Å². The molecule has 29 heavy (non-hydrogen) atoms. The van der Waals surface area contributed by atoms with Gasteiger partial charge >= 0.3 is 0 Å². The Labute approximate surface area is 179 Å². The molecule has 1 aliphatic rings. The minimum atomic E-state index is -0.604. The van der Waals surface area contributed by atoms with Gasteiger partial charge in [0.15, 0.2) is 0 Å². The number of hydrogen-bond acceptors (Lipinski definition) is 3. The summed E-state index contributed by atoms with van der Waals surface area (Å²) in [7, 11) is 0. The fourth-order valence-electron chi connectivity index (χ4n) is 3.17. The first-order valence-corrected chi connectivity index (χ1v) is 10.1. The lowest BCUT2D eigenvalue weighted by Gasteiger charge is -2.33. The Kier molecular flexibility index (Phi) is 6.77. The van der Waals surface area contributed by atoms with Crippen LogP contribution in [0.4, 0.5) is 4.39 Å². The quantitative estimate of drug-likeness (QED) is 0.654. The Hall–Kier alpha value is -2.15. The van der Waals surface area contributed by atoms with E-state index in [-0.39, 0.29) is 24.2 Å². The molecule has 0 saturated carbocycles. The summed E-state index contributed by atoms with van der Waals surface area (Å²) in [5, 5.41) is 9.77. The van der Waals surface area contributed by atoms with E-state index in [0.29, 0.717) is 27.7 Å². The second kappa shape index (κ2) is 9.11. The zero-order valence-electron chi connectivity index (χ0n) is 16.1. The van der Waals surface area contributed by atoms with E-state index in [1.54, 1.807) is 6.07 Å². The fraction of sp³-hybridized carbons (Fsp3) is 0.333. The molecular weight excluding hydrogens is 416 g/mol. The molecule has 0 bridgehead atoms. The van der Waals surface area contributed by atoms with Gasteiger partial charge in [-0.3, -0.25) is 14.9 Å². The number of carbonyl (C=O) groups is 2. The van der Waals surface area contributed by atoms with Crippen molar-refractivity contribution in [1.82, 2.24) is 16.0 Å². The van der Waals surface area contributed by atoms with Crippen molar-refractivity contribution in [3.8, 4) is 0 Å². The molecular formula is C21H22Cl2FN3O2. The fourth-order valence-corrected chi connectivity index (χ4v) is 3.58. The second-order valence-electron chi connectivity index (χ2n) is 7.32. The molecule has 2 aromatic carbocycles. The Morgan fingerprint density at radius 1 is 1.21 bits per heavy atom. The molecule has 2 amide bonds. The Bertz CT molecular complexity index is 936. The topological polar surface area (TPSA) is 70.2 Å². The summed E-state index contributed by atoms with van der Waals surface area (Å²) in [6.45, 7) is 3.98. The maximum Gasteiger partial charge on any atom is 0.223 e. The first-order valence-electron chi connectivity index (χ1n) is 9.31. The van der Waals surface area contributed by atoms with E-state index < -0.39 is 18.0 Å². The lowest BCUT2D eigenvalue weighted by atomic mass is 9.98. The van der Waals surface area contributed by atoms with Gasteiger partial charge in [-0.25, -0.2) is 4.39 Å².